The zero-order chi connectivity index (χ0) is 29.7. The van der Waals surface area contributed by atoms with E-state index in [1.54, 1.807) is 0 Å². The van der Waals surface area contributed by atoms with E-state index in [-0.39, 0.29) is 18.6 Å². The molecule has 0 aliphatic heterocycles. The fourth-order valence-corrected chi connectivity index (χ4v) is 6.82. The largest absolute Gasteiger partial charge is 0.453 e. The molecule has 42 heavy (non-hydrogen) atoms. The highest BCUT2D eigenvalue weighted by atomic mass is 35.5. The van der Waals surface area contributed by atoms with Crippen LogP contribution in [0, 0.1) is 5.92 Å². The number of hydrogen-bond donors (Lipinski definition) is 3. The third-order valence-corrected chi connectivity index (χ3v) is 8.98. The van der Waals surface area contributed by atoms with E-state index < -0.39 is 12.2 Å². The van der Waals surface area contributed by atoms with E-state index in [0.29, 0.717) is 29.0 Å². The maximum absolute atomic E-state index is 13.9. The van der Waals surface area contributed by atoms with Crippen LogP contribution in [0.15, 0.2) is 42.5 Å². The van der Waals surface area contributed by atoms with Gasteiger partial charge in [0.25, 0.3) is 5.91 Å². The van der Waals surface area contributed by atoms with E-state index in [9.17, 15) is 9.59 Å². The summed E-state index contributed by atoms with van der Waals surface area (Å²) in [6.45, 7) is 1.32. The predicted octanol–water partition coefficient (Wildman–Crippen LogP) is 7.14. The van der Waals surface area contributed by atoms with E-state index in [0.717, 1.165) is 36.9 Å². The molecule has 2 aromatic rings. The SMILES string of the molecule is CNCC(CC1CCCCC1)NC(=O)c1cc(C2CCCCC2)cc(C(OCCNC(=O)OC)c2cccc(Cl)c2)c1. The zero-order valence-corrected chi connectivity index (χ0v) is 26.0. The first-order valence-corrected chi connectivity index (χ1v) is 16.1. The molecule has 0 bridgehead atoms. The average molecular weight is 598 g/mol. The molecule has 2 aromatic carbocycles. The van der Waals surface area contributed by atoms with Gasteiger partial charge in [-0.2, -0.15) is 0 Å². The van der Waals surface area contributed by atoms with Gasteiger partial charge in [0.1, 0.15) is 6.10 Å². The van der Waals surface area contributed by atoms with Crippen molar-refractivity contribution in [2.75, 3.05) is 33.9 Å². The minimum absolute atomic E-state index is 0.0397. The number of methoxy groups -OCH3 is 1. The van der Waals surface area contributed by atoms with Gasteiger partial charge < -0.3 is 25.4 Å². The molecule has 0 heterocycles. The van der Waals surface area contributed by atoms with Crippen LogP contribution in [0.5, 0.6) is 0 Å². The Labute approximate surface area is 256 Å². The first-order valence-electron chi connectivity index (χ1n) is 15.8. The van der Waals surface area contributed by atoms with Crippen LogP contribution in [-0.4, -0.2) is 51.9 Å². The molecular formula is C34H48ClN3O4. The monoisotopic (exact) mass is 597 g/mol. The van der Waals surface area contributed by atoms with Crippen LogP contribution in [-0.2, 0) is 9.47 Å². The van der Waals surface area contributed by atoms with Crippen LogP contribution in [0.25, 0.3) is 0 Å². The molecule has 2 aliphatic carbocycles. The second kappa shape index (κ2) is 16.9. The minimum atomic E-state index is -0.500. The Hall–Kier alpha value is -2.61. The number of amides is 2. The standard InChI is InChI=1S/C34H48ClN3O4/c1-36-23-31(18-24-10-5-3-6-11-24)38-33(39)29-20-27(25-12-7-4-8-13-25)19-28(21-29)32(26-14-9-15-30(35)22-26)42-17-16-37-34(40)41-2/h9,14-15,19-22,24-25,31-32,36H,3-8,10-13,16-18,23H2,1-2H3,(H,37,40)(H,38,39). The van der Waals surface area contributed by atoms with Crippen LogP contribution in [0.3, 0.4) is 0 Å². The average Bonchev–Trinajstić information content (AvgIpc) is 3.01. The lowest BCUT2D eigenvalue weighted by Crippen LogP contribution is -2.42. The van der Waals surface area contributed by atoms with E-state index in [1.165, 1.54) is 64.0 Å². The summed E-state index contributed by atoms with van der Waals surface area (Å²) in [6.07, 6.45) is 12.4. The van der Waals surface area contributed by atoms with Crippen molar-refractivity contribution >= 4 is 23.6 Å². The summed E-state index contributed by atoms with van der Waals surface area (Å²) < 4.78 is 11.1. The zero-order valence-electron chi connectivity index (χ0n) is 25.3. The van der Waals surface area contributed by atoms with Gasteiger partial charge in [-0.25, -0.2) is 4.79 Å². The number of halogens is 1. The van der Waals surface area contributed by atoms with Crippen molar-refractivity contribution in [3.63, 3.8) is 0 Å². The van der Waals surface area contributed by atoms with Gasteiger partial charge in [0.05, 0.1) is 13.7 Å². The molecule has 2 atom stereocenters. The lowest BCUT2D eigenvalue weighted by atomic mass is 9.82. The molecule has 2 fully saturated rings. The summed E-state index contributed by atoms with van der Waals surface area (Å²) in [5, 5.41) is 9.96. The molecule has 8 heteroatoms. The van der Waals surface area contributed by atoms with E-state index in [1.807, 2.05) is 37.4 Å². The Morgan fingerprint density at radius 1 is 0.952 bits per heavy atom. The number of benzene rings is 2. The van der Waals surface area contributed by atoms with Crippen LogP contribution < -0.4 is 16.0 Å². The Morgan fingerprint density at radius 2 is 1.69 bits per heavy atom. The van der Waals surface area contributed by atoms with Gasteiger partial charge >= 0.3 is 6.09 Å². The number of nitrogens with one attached hydrogen (secondary N) is 3. The highest BCUT2D eigenvalue weighted by Crippen LogP contribution is 2.37. The molecule has 3 N–H and O–H groups in total. The Kier molecular flexibility index (Phi) is 13.0. The molecule has 2 unspecified atom stereocenters. The Morgan fingerprint density at radius 3 is 2.38 bits per heavy atom. The number of ether oxygens (including phenoxy) is 2. The first kappa shape index (κ1) is 32.3. The summed E-state index contributed by atoms with van der Waals surface area (Å²) in [6, 6.07) is 14.0. The van der Waals surface area contributed by atoms with E-state index >= 15 is 0 Å². The molecule has 4 rings (SSSR count). The maximum atomic E-state index is 13.9. The van der Waals surface area contributed by atoms with Crippen LogP contribution in [0.1, 0.15) is 110 Å². The van der Waals surface area contributed by atoms with Gasteiger partial charge in [0.15, 0.2) is 0 Å². The fourth-order valence-electron chi connectivity index (χ4n) is 6.62. The van der Waals surface area contributed by atoms with Crippen LogP contribution >= 0.6 is 11.6 Å². The number of hydrogen-bond acceptors (Lipinski definition) is 5. The number of likely N-dealkylation sites (N-methyl/N-ethyl adjacent to an activating group) is 1. The van der Waals surface area contributed by atoms with Crippen LogP contribution in [0.2, 0.25) is 5.02 Å². The van der Waals surface area contributed by atoms with Crippen molar-refractivity contribution in [3.8, 4) is 0 Å². The Balaban J connectivity index is 1.63. The van der Waals surface area contributed by atoms with Gasteiger partial charge in [-0.1, -0.05) is 81.2 Å². The molecule has 230 valence electrons. The third-order valence-electron chi connectivity index (χ3n) is 8.74. The molecule has 2 saturated carbocycles. The molecule has 0 aromatic heterocycles. The number of carbonyl (C=O) groups excluding carboxylic acids is 2. The van der Waals surface area contributed by atoms with Crippen molar-refractivity contribution < 1.29 is 19.1 Å². The lowest BCUT2D eigenvalue weighted by Gasteiger charge is -2.28. The van der Waals surface area contributed by atoms with Crippen molar-refractivity contribution in [2.45, 2.75) is 88.7 Å². The van der Waals surface area contributed by atoms with Crippen LogP contribution in [0.4, 0.5) is 4.79 Å². The summed E-state index contributed by atoms with van der Waals surface area (Å²) in [5.41, 5.74) is 3.68. The minimum Gasteiger partial charge on any atom is -0.453 e. The van der Waals surface area contributed by atoms with Gasteiger partial charge in [-0.15, -0.1) is 0 Å². The summed E-state index contributed by atoms with van der Waals surface area (Å²) >= 11 is 6.40. The van der Waals surface area contributed by atoms with E-state index in [4.69, 9.17) is 21.1 Å². The first-order chi connectivity index (χ1) is 20.5. The molecule has 2 amide bonds. The second-order valence-electron chi connectivity index (χ2n) is 11.9. The van der Waals surface area contributed by atoms with Gasteiger partial charge in [0, 0.05) is 29.7 Å². The summed E-state index contributed by atoms with van der Waals surface area (Å²) in [5.74, 6) is 1.05. The second-order valence-corrected chi connectivity index (χ2v) is 12.4. The number of rotatable bonds is 13. The van der Waals surface area contributed by atoms with Crippen molar-refractivity contribution in [2.24, 2.45) is 5.92 Å². The van der Waals surface area contributed by atoms with Gasteiger partial charge in [-0.05, 0) is 79.1 Å². The molecular weight excluding hydrogens is 550 g/mol. The maximum Gasteiger partial charge on any atom is 0.406 e. The topological polar surface area (TPSA) is 88.7 Å². The van der Waals surface area contributed by atoms with Crippen molar-refractivity contribution in [1.82, 2.24) is 16.0 Å². The number of carbonyl (C=O) groups is 2. The molecule has 2 aliphatic rings. The van der Waals surface area contributed by atoms with E-state index in [2.05, 4.69) is 28.1 Å². The summed E-state index contributed by atoms with van der Waals surface area (Å²) in [4.78, 5) is 25.5. The summed E-state index contributed by atoms with van der Waals surface area (Å²) in [7, 11) is 3.29. The normalized spacial score (nSPS) is 17.8. The molecule has 0 radical (unpaired) electrons. The van der Waals surface area contributed by atoms with Gasteiger partial charge in [0.2, 0.25) is 0 Å². The molecule has 0 spiro atoms. The Bertz CT molecular complexity index is 1150. The quantitative estimate of drug-likeness (QED) is 0.214. The molecule has 0 saturated heterocycles. The third kappa shape index (κ3) is 9.72. The number of alkyl carbamates (subject to hydrolysis) is 1. The van der Waals surface area contributed by atoms with Crippen molar-refractivity contribution in [3.05, 3.63) is 69.7 Å². The fraction of sp³-hybridized carbons (Fsp3) is 0.588. The van der Waals surface area contributed by atoms with Gasteiger partial charge in [-0.3, -0.25) is 4.79 Å². The smallest absolute Gasteiger partial charge is 0.406 e. The molecule has 7 nitrogen and oxygen atoms in total. The lowest BCUT2D eigenvalue weighted by molar-refractivity contribution is 0.0803. The highest BCUT2D eigenvalue weighted by molar-refractivity contribution is 6.30. The predicted molar refractivity (Wildman–Crippen MR) is 168 cm³/mol. The van der Waals surface area contributed by atoms with Crippen molar-refractivity contribution in [1.29, 1.82) is 0 Å². The highest BCUT2D eigenvalue weighted by Gasteiger charge is 2.25.